The molecule has 1 unspecified atom stereocenters. The van der Waals surface area contributed by atoms with Crippen LogP contribution in [0.15, 0.2) is 24.9 Å². The minimum absolute atomic E-state index is 0.0527. The van der Waals surface area contributed by atoms with E-state index in [0.29, 0.717) is 19.4 Å². The van der Waals surface area contributed by atoms with Gasteiger partial charge in [0.25, 0.3) is 0 Å². The number of amides is 1. The van der Waals surface area contributed by atoms with Crippen molar-refractivity contribution in [3.63, 3.8) is 0 Å². The van der Waals surface area contributed by atoms with Crippen molar-refractivity contribution in [3.05, 3.63) is 30.6 Å². The molecule has 8 heteroatoms. The van der Waals surface area contributed by atoms with Gasteiger partial charge in [-0.25, -0.2) is 4.68 Å². The van der Waals surface area contributed by atoms with E-state index in [2.05, 4.69) is 25.5 Å². The first-order valence-electron chi connectivity index (χ1n) is 6.38. The lowest BCUT2D eigenvalue weighted by molar-refractivity contribution is -0.131. The number of aromatic nitrogens is 6. The van der Waals surface area contributed by atoms with E-state index in [0.717, 1.165) is 5.69 Å². The number of aryl methyl sites for hydroxylation is 1. The number of rotatable bonds is 6. The molecule has 0 aromatic carbocycles. The summed E-state index contributed by atoms with van der Waals surface area (Å²) in [6, 6.07) is 0.0630. The Morgan fingerprint density at radius 3 is 2.95 bits per heavy atom. The van der Waals surface area contributed by atoms with Crippen LogP contribution in [0, 0.1) is 0 Å². The van der Waals surface area contributed by atoms with Crippen LogP contribution in [0.25, 0.3) is 0 Å². The third-order valence-corrected chi connectivity index (χ3v) is 3.12. The third-order valence-electron chi connectivity index (χ3n) is 3.12. The van der Waals surface area contributed by atoms with E-state index in [1.54, 1.807) is 35.2 Å². The van der Waals surface area contributed by atoms with Crippen molar-refractivity contribution in [2.24, 2.45) is 0 Å². The Balaban J connectivity index is 1.83. The molecular formula is C12H17N7O. The van der Waals surface area contributed by atoms with Crippen LogP contribution >= 0.6 is 0 Å². The average molecular weight is 275 g/mol. The van der Waals surface area contributed by atoms with Crippen LogP contribution in [0.3, 0.4) is 0 Å². The van der Waals surface area contributed by atoms with Gasteiger partial charge in [-0.3, -0.25) is 14.8 Å². The molecule has 0 aliphatic heterocycles. The average Bonchev–Trinajstić information content (AvgIpc) is 2.98. The molecule has 0 aliphatic carbocycles. The molecule has 2 aromatic heterocycles. The fourth-order valence-electron chi connectivity index (χ4n) is 1.79. The number of carbonyl (C=O) groups is 1. The van der Waals surface area contributed by atoms with Crippen LogP contribution in [0.2, 0.25) is 0 Å². The van der Waals surface area contributed by atoms with Crippen LogP contribution in [0.1, 0.15) is 19.0 Å². The quantitative estimate of drug-likeness (QED) is 0.734. The first-order chi connectivity index (χ1) is 9.66. The maximum absolute atomic E-state index is 12.1. The molecule has 0 aliphatic rings. The zero-order chi connectivity index (χ0) is 14.4. The van der Waals surface area contributed by atoms with Crippen LogP contribution in [-0.2, 0) is 17.8 Å². The standard InChI is InChI=1S/C12H17N7O/c1-10(7-11-8-13-4-5-14-11)18(2)12(20)3-6-19-9-15-16-17-19/h4-5,8-10H,3,6-7H2,1-2H3. The second-order valence-electron chi connectivity index (χ2n) is 4.58. The molecule has 8 nitrogen and oxygen atoms in total. The molecule has 0 N–H and O–H groups in total. The summed E-state index contributed by atoms with van der Waals surface area (Å²) in [5, 5.41) is 10.8. The first kappa shape index (κ1) is 14.0. The molecule has 2 heterocycles. The monoisotopic (exact) mass is 275 g/mol. The van der Waals surface area contributed by atoms with Gasteiger partial charge in [-0.2, -0.15) is 0 Å². The molecule has 106 valence electrons. The number of nitrogens with zero attached hydrogens (tertiary/aromatic N) is 7. The largest absolute Gasteiger partial charge is 0.343 e. The lowest BCUT2D eigenvalue weighted by Gasteiger charge is -2.24. The van der Waals surface area contributed by atoms with Gasteiger partial charge in [0.2, 0.25) is 5.91 Å². The van der Waals surface area contributed by atoms with Crippen LogP contribution < -0.4 is 0 Å². The van der Waals surface area contributed by atoms with Crippen molar-refractivity contribution >= 4 is 5.91 Å². The number of tetrazole rings is 1. The molecule has 0 saturated heterocycles. The van der Waals surface area contributed by atoms with E-state index in [4.69, 9.17) is 0 Å². The Bertz CT molecular complexity index is 528. The smallest absolute Gasteiger partial charge is 0.224 e. The number of likely N-dealkylation sites (N-methyl/N-ethyl adjacent to an activating group) is 1. The molecule has 20 heavy (non-hydrogen) atoms. The topological polar surface area (TPSA) is 89.7 Å². The Labute approximate surface area is 116 Å². The molecule has 2 rings (SSSR count). The van der Waals surface area contributed by atoms with Gasteiger partial charge in [-0.15, -0.1) is 5.10 Å². The number of hydrogen-bond acceptors (Lipinski definition) is 6. The van der Waals surface area contributed by atoms with Crippen molar-refractivity contribution in [1.29, 1.82) is 0 Å². The second kappa shape index (κ2) is 6.69. The van der Waals surface area contributed by atoms with Crippen molar-refractivity contribution < 1.29 is 4.79 Å². The minimum atomic E-state index is 0.0527. The number of carbonyl (C=O) groups excluding carboxylic acids is 1. The molecule has 1 amide bonds. The van der Waals surface area contributed by atoms with Crippen LogP contribution in [0.4, 0.5) is 0 Å². The van der Waals surface area contributed by atoms with Gasteiger partial charge in [0, 0.05) is 44.5 Å². The predicted octanol–water partition coefficient (Wildman–Crippen LogP) is -0.0572. The van der Waals surface area contributed by atoms with Gasteiger partial charge in [0.1, 0.15) is 6.33 Å². The van der Waals surface area contributed by atoms with E-state index in [9.17, 15) is 4.79 Å². The molecular weight excluding hydrogens is 258 g/mol. The van der Waals surface area contributed by atoms with Crippen molar-refractivity contribution in [2.75, 3.05) is 7.05 Å². The summed E-state index contributed by atoms with van der Waals surface area (Å²) >= 11 is 0. The Hall–Kier alpha value is -2.38. The molecule has 0 radical (unpaired) electrons. The van der Waals surface area contributed by atoms with E-state index in [1.165, 1.54) is 6.33 Å². The number of hydrogen-bond donors (Lipinski definition) is 0. The maximum Gasteiger partial charge on any atom is 0.224 e. The summed E-state index contributed by atoms with van der Waals surface area (Å²) in [7, 11) is 1.79. The lowest BCUT2D eigenvalue weighted by Crippen LogP contribution is -2.37. The van der Waals surface area contributed by atoms with E-state index >= 15 is 0 Å². The summed E-state index contributed by atoms with van der Waals surface area (Å²) in [6.45, 7) is 2.47. The summed E-state index contributed by atoms with van der Waals surface area (Å²) in [5.41, 5.74) is 0.875. The third kappa shape index (κ3) is 3.81. The molecule has 2 aromatic rings. The van der Waals surface area contributed by atoms with Gasteiger partial charge in [0.15, 0.2) is 0 Å². The zero-order valence-corrected chi connectivity index (χ0v) is 11.5. The van der Waals surface area contributed by atoms with Gasteiger partial charge < -0.3 is 4.90 Å². The highest BCUT2D eigenvalue weighted by molar-refractivity contribution is 5.76. The summed E-state index contributed by atoms with van der Waals surface area (Å²) < 4.78 is 1.54. The van der Waals surface area contributed by atoms with Crippen LogP contribution in [-0.4, -0.2) is 54.1 Å². The Morgan fingerprint density at radius 2 is 2.30 bits per heavy atom. The first-order valence-corrected chi connectivity index (χ1v) is 6.38. The van der Waals surface area contributed by atoms with Gasteiger partial charge in [-0.1, -0.05) is 0 Å². The Morgan fingerprint density at radius 1 is 1.45 bits per heavy atom. The highest BCUT2D eigenvalue weighted by atomic mass is 16.2. The van der Waals surface area contributed by atoms with E-state index in [-0.39, 0.29) is 11.9 Å². The van der Waals surface area contributed by atoms with Gasteiger partial charge >= 0.3 is 0 Å². The van der Waals surface area contributed by atoms with Crippen molar-refractivity contribution in [2.45, 2.75) is 32.4 Å². The second-order valence-corrected chi connectivity index (χ2v) is 4.58. The predicted molar refractivity (Wildman–Crippen MR) is 70.4 cm³/mol. The SMILES string of the molecule is CC(Cc1cnccn1)N(C)C(=O)CCn1cnnn1. The fraction of sp³-hybridized carbons (Fsp3) is 0.500. The highest BCUT2D eigenvalue weighted by Crippen LogP contribution is 2.06. The Kier molecular flexibility index (Phi) is 4.70. The van der Waals surface area contributed by atoms with Crippen molar-refractivity contribution in [3.8, 4) is 0 Å². The van der Waals surface area contributed by atoms with Gasteiger partial charge in [0.05, 0.1) is 12.2 Å². The molecule has 0 bridgehead atoms. The van der Waals surface area contributed by atoms with E-state index < -0.39 is 0 Å². The molecule has 0 spiro atoms. The summed E-state index contributed by atoms with van der Waals surface area (Å²) in [6.07, 6.45) is 7.55. The minimum Gasteiger partial charge on any atom is -0.343 e. The fourth-order valence-corrected chi connectivity index (χ4v) is 1.79. The zero-order valence-electron chi connectivity index (χ0n) is 11.5. The van der Waals surface area contributed by atoms with E-state index in [1.807, 2.05) is 6.92 Å². The molecule has 1 atom stereocenters. The van der Waals surface area contributed by atoms with Crippen LogP contribution in [0.5, 0.6) is 0 Å². The highest BCUT2D eigenvalue weighted by Gasteiger charge is 2.16. The lowest BCUT2D eigenvalue weighted by atomic mass is 10.1. The van der Waals surface area contributed by atoms with Crippen molar-refractivity contribution in [1.82, 2.24) is 35.1 Å². The summed E-state index contributed by atoms with van der Waals surface area (Å²) in [4.78, 5) is 22.0. The normalized spacial score (nSPS) is 12.1. The molecule has 0 fully saturated rings. The molecule has 0 saturated carbocycles. The maximum atomic E-state index is 12.1. The van der Waals surface area contributed by atoms with Gasteiger partial charge in [-0.05, 0) is 17.4 Å². The summed E-state index contributed by atoms with van der Waals surface area (Å²) in [5.74, 6) is 0.0527.